The van der Waals surface area contributed by atoms with Gasteiger partial charge in [-0.2, -0.15) is 0 Å². The first-order valence-corrected chi connectivity index (χ1v) is 4.68. The SMILES string of the molecule is CN(C)C(=O)COc1cc([N+](=O)[O-])ccc1F. The van der Waals surface area contributed by atoms with Gasteiger partial charge in [-0.3, -0.25) is 14.9 Å². The molecule has 0 radical (unpaired) electrons. The van der Waals surface area contributed by atoms with Crippen LogP contribution in [0.1, 0.15) is 0 Å². The number of rotatable bonds is 4. The van der Waals surface area contributed by atoms with E-state index in [1.54, 1.807) is 0 Å². The summed E-state index contributed by atoms with van der Waals surface area (Å²) in [5.41, 5.74) is -0.293. The fourth-order valence-electron chi connectivity index (χ4n) is 0.985. The third kappa shape index (κ3) is 3.40. The molecule has 0 N–H and O–H groups in total. The summed E-state index contributed by atoms with van der Waals surface area (Å²) in [7, 11) is 3.05. The fraction of sp³-hybridized carbons (Fsp3) is 0.300. The number of nitro groups is 1. The molecular formula is C10H11FN2O4. The molecule has 0 saturated heterocycles. The average Bonchev–Trinajstić information content (AvgIpc) is 2.26. The maximum Gasteiger partial charge on any atom is 0.273 e. The fourth-order valence-corrected chi connectivity index (χ4v) is 0.985. The largest absolute Gasteiger partial charge is 0.480 e. The van der Waals surface area contributed by atoms with Crippen LogP contribution in [0.5, 0.6) is 5.75 Å². The van der Waals surface area contributed by atoms with E-state index < -0.39 is 10.7 Å². The van der Waals surface area contributed by atoms with Gasteiger partial charge in [-0.1, -0.05) is 0 Å². The van der Waals surface area contributed by atoms with Gasteiger partial charge in [0.05, 0.1) is 11.0 Å². The number of nitrogens with zero attached hydrogens (tertiary/aromatic N) is 2. The van der Waals surface area contributed by atoms with Crippen LogP contribution in [0.15, 0.2) is 18.2 Å². The van der Waals surface area contributed by atoms with Gasteiger partial charge in [0.1, 0.15) is 0 Å². The van der Waals surface area contributed by atoms with Gasteiger partial charge in [-0.05, 0) is 6.07 Å². The first-order chi connectivity index (χ1) is 7.91. The molecule has 0 aromatic heterocycles. The number of carbonyl (C=O) groups is 1. The van der Waals surface area contributed by atoms with Crippen LogP contribution in [0.25, 0.3) is 0 Å². The van der Waals surface area contributed by atoms with Gasteiger partial charge in [0.2, 0.25) is 0 Å². The van der Waals surface area contributed by atoms with Gasteiger partial charge in [-0.15, -0.1) is 0 Å². The first kappa shape index (κ1) is 12.9. The Morgan fingerprint density at radius 1 is 1.53 bits per heavy atom. The molecule has 1 aromatic carbocycles. The minimum Gasteiger partial charge on any atom is -0.480 e. The van der Waals surface area contributed by atoms with Crippen molar-refractivity contribution < 1.29 is 18.8 Å². The van der Waals surface area contributed by atoms with Crippen molar-refractivity contribution in [1.29, 1.82) is 0 Å². The van der Waals surface area contributed by atoms with Gasteiger partial charge >= 0.3 is 0 Å². The standard InChI is InChI=1S/C10H11FN2O4/c1-12(2)10(14)6-17-9-5-7(13(15)16)3-4-8(9)11/h3-5H,6H2,1-2H3. The Morgan fingerprint density at radius 3 is 2.71 bits per heavy atom. The number of benzene rings is 1. The molecular weight excluding hydrogens is 231 g/mol. The van der Waals surface area contributed by atoms with E-state index in [2.05, 4.69) is 0 Å². The molecule has 1 amide bonds. The van der Waals surface area contributed by atoms with Crippen molar-refractivity contribution in [3.63, 3.8) is 0 Å². The second-order valence-corrected chi connectivity index (χ2v) is 3.45. The molecule has 0 spiro atoms. The molecule has 6 nitrogen and oxygen atoms in total. The molecule has 92 valence electrons. The van der Waals surface area contributed by atoms with Crippen LogP contribution >= 0.6 is 0 Å². The van der Waals surface area contributed by atoms with E-state index in [0.717, 1.165) is 18.2 Å². The number of non-ortho nitro benzene ring substituents is 1. The number of amides is 1. The highest BCUT2D eigenvalue weighted by atomic mass is 19.1. The minimum absolute atomic E-state index is 0.293. The van der Waals surface area contributed by atoms with E-state index in [0.29, 0.717) is 0 Å². The lowest BCUT2D eigenvalue weighted by molar-refractivity contribution is -0.385. The molecule has 1 rings (SSSR count). The van der Waals surface area contributed by atoms with E-state index in [1.165, 1.54) is 19.0 Å². The van der Waals surface area contributed by atoms with Gasteiger partial charge in [0, 0.05) is 20.2 Å². The van der Waals surface area contributed by atoms with Crippen molar-refractivity contribution >= 4 is 11.6 Å². The van der Waals surface area contributed by atoms with Crippen LogP contribution in [0.3, 0.4) is 0 Å². The molecule has 7 heteroatoms. The molecule has 0 unspecified atom stereocenters. The molecule has 17 heavy (non-hydrogen) atoms. The number of likely N-dealkylation sites (N-methyl/N-ethyl adjacent to an activating group) is 1. The number of hydrogen-bond donors (Lipinski definition) is 0. The predicted octanol–water partition coefficient (Wildman–Crippen LogP) is 1.20. The van der Waals surface area contributed by atoms with E-state index in [9.17, 15) is 19.3 Å². The van der Waals surface area contributed by atoms with Crippen molar-refractivity contribution in [3.8, 4) is 5.75 Å². The summed E-state index contributed by atoms with van der Waals surface area (Å²) in [4.78, 5) is 22.3. The summed E-state index contributed by atoms with van der Waals surface area (Å²) in [5, 5.41) is 10.5. The molecule has 0 aliphatic rings. The topological polar surface area (TPSA) is 72.7 Å². The second-order valence-electron chi connectivity index (χ2n) is 3.45. The van der Waals surface area contributed by atoms with Crippen LogP contribution in [0.2, 0.25) is 0 Å². The van der Waals surface area contributed by atoms with Gasteiger partial charge in [0.25, 0.3) is 11.6 Å². The summed E-state index contributed by atoms with van der Waals surface area (Å²) in [6.45, 7) is -0.370. The second kappa shape index (κ2) is 5.24. The number of ether oxygens (including phenoxy) is 1. The maximum absolute atomic E-state index is 13.2. The first-order valence-electron chi connectivity index (χ1n) is 4.68. The van der Waals surface area contributed by atoms with Gasteiger partial charge in [0.15, 0.2) is 18.2 Å². The van der Waals surface area contributed by atoms with Crippen LogP contribution in [0, 0.1) is 15.9 Å². The summed E-state index contributed by atoms with van der Waals surface area (Å²) in [6, 6.07) is 2.89. The van der Waals surface area contributed by atoms with Gasteiger partial charge < -0.3 is 9.64 Å². The highest BCUT2D eigenvalue weighted by Gasteiger charge is 2.13. The Balaban J connectivity index is 2.80. The van der Waals surface area contributed by atoms with E-state index >= 15 is 0 Å². The molecule has 0 atom stereocenters. The number of hydrogen-bond acceptors (Lipinski definition) is 4. The Morgan fingerprint density at radius 2 is 2.18 bits per heavy atom. The molecule has 0 saturated carbocycles. The van der Waals surface area contributed by atoms with Crippen LogP contribution in [-0.2, 0) is 4.79 Å². The smallest absolute Gasteiger partial charge is 0.273 e. The van der Waals surface area contributed by atoms with Crippen molar-refractivity contribution in [2.75, 3.05) is 20.7 Å². The Kier molecular flexibility index (Phi) is 3.97. The normalized spacial score (nSPS) is 9.82. The van der Waals surface area contributed by atoms with E-state index in [1.807, 2.05) is 0 Å². The average molecular weight is 242 g/mol. The quantitative estimate of drug-likeness (QED) is 0.587. The lowest BCUT2D eigenvalue weighted by Gasteiger charge is -2.11. The minimum atomic E-state index is -0.748. The Labute approximate surface area is 96.7 Å². The zero-order valence-corrected chi connectivity index (χ0v) is 9.34. The highest BCUT2D eigenvalue weighted by Crippen LogP contribution is 2.23. The van der Waals surface area contributed by atoms with Crippen molar-refractivity contribution in [2.24, 2.45) is 0 Å². The van der Waals surface area contributed by atoms with Crippen molar-refractivity contribution in [2.45, 2.75) is 0 Å². The Bertz CT molecular complexity index is 448. The number of nitro benzene ring substituents is 1. The summed E-state index contributed by atoms with van der Waals surface area (Å²) < 4.78 is 18.1. The zero-order valence-electron chi connectivity index (χ0n) is 9.34. The summed E-state index contributed by atoms with van der Waals surface area (Å²) in [5.74, 6) is -1.42. The maximum atomic E-state index is 13.2. The number of carbonyl (C=O) groups excluding carboxylic acids is 1. The zero-order chi connectivity index (χ0) is 13.0. The molecule has 0 fully saturated rings. The third-order valence-electron chi connectivity index (χ3n) is 1.98. The molecule has 0 heterocycles. The van der Waals surface area contributed by atoms with Crippen molar-refractivity contribution in [1.82, 2.24) is 4.90 Å². The number of halogens is 1. The van der Waals surface area contributed by atoms with E-state index in [4.69, 9.17) is 4.74 Å². The molecule has 0 aliphatic carbocycles. The lowest BCUT2D eigenvalue weighted by atomic mass is 10.3. The monoisotopic (exact) mass is 242 g/mol. The Hall–Kier alpha value is -2.18. The van der Waals surface area contributed by atoms with E-state index in [-0.39, 0.29) is 24.0 Å². The summed E-state index contributed by atoms with van der Waals surface area (Å²) in [6.07, 6.45) is 0. The molecule has 0 bridgehead atoms. The van der Waals surface area contributed by atoms with Crippen molar-refractivity contribution in [3.05, 3.63) is 34.1 Å². The van der Waals surface area contributed by atoms with Crippen LogP contribution in [0.4, 0.5) is 10.1 Å². The third-order valence-corrected chi connectivity index (χ3v) is 1.98. The lowest BCUT2D eigenvalue weighted by Crippen LogP contribution is -2.27. The highest BCUT2D eigenvalue weighted by molar-refractivity contribution is 5.77. The van der Waals surface area contributed by atoms with Crippen LogP contribution in [-0.4, -0.2) is 36.4 Å². The molecule has 0 aliphatic heterocycles. The van der Waals surface area contributed by atoms with Crippen LogP contribution < -0.4 is 4.74 Å². The summed E-state index contributed by atoms with van der Waals surface area (Å²) >= 11 is 0. The molecule has 1 aromatic rings. The van der Waals surface area contributed by atoms with Gasteiger partial charge in [-0.25, -0.2) is 4.39 Å². The predicted molar refractivity (Wildman–Crippen MR) is 57.2 cm³/mol.